The zero-order valence-corrected chi connectivity index (χ0v) is 18.5. The van der Waals surface area contributed by atoms with E-state index in [9.17, 15) is 4.79 Å². The minimum absolute atomic E-state index is 0.0592. The second-order valence-electron chi connectivity index (χ2n) is 8.71. The zero-order valence-electron chi connectivity index (χ0n) is 18.5. The first-order chi connectivity index (χ1) is 15.7. The number of rotatable bonds is 7. The van der Waals surface area contributed by atoms with Gasteiger partial charge in [0.15, 0.2) is 5.82 Å². The third-order valence-electron chi connectivity index (χ3n) is 6.46. The summed E-state index contributed by atoms with van der Waals surface area (Å²) in [6.45, 7) is 3.46. The maximum Gasteiger partial charge on any atom is 0.257 e. The fourth-order valence-electron chi connectivity index (χ4n) is 4.67. The molecule has 3 aromatic rings. The minimum Gasteiger partial charge on any atom is -0.494 e. The topological polar surface area (TPSA) is 68.5 Å². The van der Waals surface area contributed by atoms with Crippen LogP contribution in [-0.2, 0) is 17.6 Å². The molecule has 1 unspecified atom stereocenters. The molecule has 1 aromatic heterocycles. The molecule has 1 saturated heterocycles. The first-order valence-corrected chi connectivity index (χ1v) is 11.7. The Labute approximate surface area is 188 Å². The maximum absolute atomic E-state index is 12.9. The Morgan fingerprint density at radius 3 is 2.81 bits per heavy atom. The summed E-state index contributed by atoms with van der Waals surface area (Å²) >= 11 is 0. The summed E-state index contributed by atoms with van der Waals surface area (Å²) in [5.74, 6) is 1.99. The van der Waals surface area contributed by atoms with Gasteiger partial charge in [-0.15, -0.1) is 0 Å². The highest BCUT2D eigenvalue weighted by Crippen LogP contribution is 2.36. The van der Waals surface area contributed by atoms with Gasteiger partial charge in [0.1, 0.15) is 5.75 Å². The quantitative estimate of drug-likeness (QED) is 0.474. The number of carbonyl (C=O) groups excluding carboxylic acids is 1. The van der Waals surface area contributed by atoms with Gasteiger partial charge in [0.05, 0.1) is 6.61 Å². The summed E-state index contributed by atoms with van der Waals surface area (Å²) < 4.78 is 11.3. The predicted octanol–water partition coefficient (Wildman–Crippen LogP) is 5.31. The van der Waals surface area contributed by atoms with Crippen molar-refractivity contribution in [2.75, 3.05) is 18.1 Å². The van der Waals surface area contributed by atoms with Crippen molar-refractivity contribution in [2.24, 2.45) is 0 Å². The van der Waals surface area contributed by atoms with Gasteiger partial charge >= 0.3 is 0 Å². The third-order valence-corrected chi connectivity index (χ3v) is 6.46. The molecule has 1 fully saturated rings. The standard InChI is InChI=1S/C26H29N3O3/c1-2-3-15-31-21-13-11-19(12-14-21)26-27-25(28-32-26)20-16-24(30)29(17-20)23-10-6-8-18-7-4-5-9-22(18)23/h6,8,10-14,20H,2-5,7,9,15-17H2,1H3. The number of hydrogen-bond donors (Lipinski definition) is 0. The largest absolute Gasteiger partial charge is 0.494 e. The minimum atomic E-state index is -0.0592. The Morgan fingerprint density at radius 2 is 1.97 bits per heavy atom. The van der Waals surface area contributed by atoms with E-state index in [2.05, 4.69) is 35.3 Å². The van der Waals surface area contributed by atoms with Crippen molar-refractivity contribution in [1.82, 2.24) is 10.1 Å². The van der Waals surface area contributed by atoms with Gasteiger partial charge in [-0.3, -0.25) is 4.79 Å². The second kappa shape index (κ2) is 9.15. The van der Waals surface area contributed by atoms with Crippen molar-refractivity contribution in [2.45, 2.75) is 57.8 Å². The van der Waals surface area contributed by atoms with Crippen LogP contribution in [-0.4, -0.2) is 29.2 Å². The lowest BCUT2D eigenvalue weighted by atomic mass is 9.90. The van der Waals surface area contributed by atoms with Crippen LogP contribution < -0.4 is 9.64 Å². The summed E-state index contributed by atoms with van der Waals surface area (Å²) in [7, 11) is 0. The summed E-state index contributed by atoms with van der Waals surface area (Å²) in [5.41, 5.74) is 4.64. The Bertz CT molecular complexity index is 1090. The van der Waals surface area contributed by atoms with Gasteiger partial charge in [0, 0.05) is 30.1 Å². The van der Waals surface area contributed by atoms with Gasteiger partial charge in [-0.2, -0.15) is 4.98 Å². The lowest BCUT2D eigenvalue weighted by Gasteiger charge is -2.25. The van der Waals surface area contributed by atoms with Crippen molar-refractivity contribution in [3.8, 4) is 17.2 Å². The molecule has 0 N–H and O–H groups in total. The first kappa shape index (κ1) is 20.7. The molecular weight excluding hydrogens is 402 g/mol. The molecule has 1 amide bonds. The van der Waals surface area contributed by atoms with Crippen LogP contribution in [0.5, 0.6) is 5.75 Å². The Kier molecular flexibility index (Phi) is 5.93. The average molecular weight is 432 g/mol. The lowest BCUT2D eigenvalue weighted by Crippen LogP contribution is -2.26. The van der Waals surface area contributed by atoms with Crippen LogP contribution in [0.4, 0.5) is 5.69 Å². The molecule has 5 rings (SSSR count). The van der Waals surface area contributed by atoms with Crippen molar-refractivity contribution in [3.05, 3.63) is 59.4 Å². The number of aryl methyl sites for hydroxylation is 1. The number of hydrogen-bond acceptors (Lipinski definition) is 5. The number of carbonyl (C=O) groups is 1. The van der Waals surface area contributed by atoms with Gasteiger partial charge in [0.25, 0.3) is 5.89 Å². The molecule has 1 aliphatic heterocycles. The van der Waals surface area contributed by atoms with Crippen molar-refractivity contribution < 1.29 is 14.1 Å². The van der Waals surface area contributed by atoms with E-state index < -0.39 is 0 Å². The molecule has 1 aliphatic carbocycles. The van der Waals surface area contributed by atoms with Crippen molar-refractivity contribution >= 4 is 11.6 Å². The van der Waals surface area contributed by atoms with E-state index in [4.69, 9.17) is 9.26 Å². The van der Waals surface area contributed by atoms with Crippen molar-refractivity contribution in [3.63, 3.8) is 0 Å². The molecule has 32 heavy (non-hydrogen) atoms. The molecule has 1 atom stereocenters. The van der Waals surface area contributed by atoms with E-state index in [0.717, 1.165) is 49.3 Å². The van der Waals surface area contributed by atoms with Crippen LogP contribution in [0.3, 0.4) is 0 Å². The molecule has 2 aliphatic rings. The Morgan fingerprint density at radius 1 is 1.12 bits per heavy atom. The molecular formula is C26H29N3O3. The van der Waals surface area contributed by atoms with Gasteiger partial charge in [-0.05, 0) is 73.6 Å². The Hall–Kier alpha value is -3.15. The van der Waals surface area contributed by atoms with Gasteiger partial charge < -0.3 is 14.2 Å². The van der Waals surface area contributed by atoms with Crippen molar-refractivity contribution in [1.29, 1.82) is 0 Å². The number of anilines is 1. The van der Waals surface area contributed by atoms with E-state index >= 15 is 0 Å². The van der Waals surface area contributed by atoms with Gasteiger partial charge in [-0.25, -0.2) is 0 Å². The van der Waals surface area contributed by atoms with Crippen LogP contribution in [0.2, 0.25) is 0 Å². The molecule has 2 aromatic carbocycles. The fourth-order valence-corrected chi connectivity index (χ4v) is 4.67. The van der Waals surface area contributed by atoms with E-state index in [-0.39, 0.29) is 11.8 Å². The molecule has 0 radical (unpaired) electrons. The second-order valence-corrected chi connectivity index (χ2v) is 8.71. The SMILES string of the molecule is CCCCOc1ccc(-c2nc(C3CC(=O)N(c4cccc5c4CCCC5)C3)no2)cc1. The van der Waals surface area contributed by atoms with E-state index in [0.29, 0.717) is 24.7 Å². The molecule has 6 heteroatoms. The summed E-state index contributed by atoms with van der Waals surface area (Å²) in [6, 6.07) is 14.1. The Balaban J connectivity index is 1.30. The predicted molar refractivity (Wildman–Crippen MR) is 123 cm³/mol. The highest BCUT2D eigenvalue weighted by Gasteiger charge is 2.36. The number of amides is 1. The van der Waals surface area contributed by atoms with Gasteiger partial charge in [-0.1, -0.05) is 30.6 Å². The van der Waals surface area contributed by atoms with Crippen LogP contribution in [0.15, 0.2) is 47.0 Å². The third kappa shape index (κ3) is 4.14. The van der Waals surface area contributed by atoms with Crippen LogP contribution in [0.25, 0.3) is 11.5 Å². The number of nitrogens with zero attached hydrogens (tertiary/aromatic N) is 3. The van der Waals surface area contributed by atoms with E-state index in [1.807, 2.05) is 29.2 Å². The molecule has 0 bridgehead atoms. The highest BCUT2D eigenvalue weighted by atomic mass is 16.5. The fraction of sp³-hybridized carbons (Fsp3) is 0.423. The normalized spacial score (nSPS) is 18.1. The number of fused-ring (bicyclic) bond motifs is 1. The number of ether oxygens (including phenoxy) is 1. The van der Waals surface area contributed by atoms with Gasteiger partial charge in [0.2, 0.25) is 5.91 Å². The number of benzene rings is 2. The monoisotopic (exact) mass is 431 g/mol. The highest BCUT2D eigenvalue weighted by molar-refractivity contribution is 5.97. The van der Waals surface area contributed by atoms with Crippen LogP contribution >= 0.6 is 0 Å². The van der Waals surface area contributed by atoms with E-state index in [1.165, 1.54) is 24.0 Å². The molecule has 0 spiro atoms. The number of aromatic nitrogens is 2. The summed E-state index contributed by atoms with van der Waals surface area (Å²) in [6.07, 6.45) is 7.12. The summed E-state index contributed by atoms with van der Waals surface area (Å²) in [4.78, 5) is 19.4. The maximum atomic E-state index is 12.9. The molecule has 0 saturated carbocycles. The first-order valence-electron chi connectivity index (χ1n) is 11.7. The molecule has 6 nitrogen and oxygen atoms in total. The zero-order chi connectivity index (χ0) is 21.9. The molecule has 2 heterocycles. The lowest BCUT2D eigenvalue weighted by molar-refractivity contribution is -0.117. The van der Waals surface area contributed by atoms with Crippen LogP contribution in [0, 0.1) is 0 Å². The van der Waals surface area contributed by atoms with Crippen LogP contribution in [0.1, 0.15) is 61.9 Å². The average Bonchev–Trinajstić information content (AvgIpc) is 3.46. The van der Waals surface area contributed by atoms with E-state index in [1.54, 1.807) is 0 Å². The number of unbranched alkanes of at least 4 members (excludes halogenated alkanes) is 1. The molecule has 166 valence electrons. The summed E-state index contributed by atoms with van der Waals surface area (Å²) in [5, 5.41) is 4.21. The smallest absolute Gasteiger partial charge is 0.257 e.